The monoisotopic (exact) mass is 206 g/mol. The van der Waals surface area contributed by atoms with Gasteiger partial charge in [-0.15, -0.1) is 0 Å². The molecule has 0 aromatic heterocycles. The predicted octanol–water partition coefficient (Wildman–Crippen LogP) is 2.96. The minimum Gasteiger partial charge on any atom is -0.380 e. The number of hydrogen-bond donors (Lipinski definition) is 1. The molecule has 0 fully saturated rings. The van der Waals surface area contributed by atoms with Gasteiger partial charge in [0.1, 0.15) is 0 Å². The first-order valence-corrected chi connectivity index (χ1v) is 5.39. The summed E-state index contributed by atoms with van der Waals surface area (Å²) >= 11 is 0. The first-order chi connectivity index (χ1) is 6.87. The number of hydrogen-bond acceptors (Lipinski definition) is 2. The van der Waals surface area contributed by atoms with Crippen molar-refractivity contribution in [2.24, 2.45) is 0 Å². The Morgan fingerprint density at radius 2 is 1.60 bits per heavy atom. The molecule has 0 aliphatic rings. The summed E-state index contributed by atoms with van der Waals surface area (Å²) in [6.07, 6.45) is 0. The molecule has 84 valence electrons. The van der Waals surface area contributed by atoms with E-state index in [0.717, 1.165) is 6.54 Å². The van der Waals surface area contributed by atoms with E-state index in [1.54, 1.807) is 0 Å². The maximum Gasteiger partial charge on any atom is 0.0344 e. The van der Waals surface area contributed by atoms with Gasteiger partial charge in [0.05, 0.1) is 0 Å². The molecule has 0 atom stereocenters. The molecule has 15 heavy (non-hydrogen) atoms. The van der Waals surface area contributed by atoms with Crippen LogP contribution in [0.25, 0.3) is 0 Å². The summed E-state index contributed by atoms with van der Waals surface area (Å²) < 4.78 is 0. The Hall–Kier alpha value is -1.02. The summed E-state index contributed by atoms with van der Waals surface area (Å²) in [5, 5.41) is 3.45. The zero-order valence-electron chi connectivity index (χ0n) is 10.5. The molecule has 1 aromatic rings. The number of nitrogens with one attached hydrogen (secondary N) is 1. The van der Waals surface area contributed by atoms with E-state index < -0.39 is 0 Å². The summed E-state index contributed by atoms with van der Waals surface area (Å²) in [5.41, 5.74) is 2.66. The van der Waals surface area contributed by atoms with Crippen molar-refractivity contribution >= 4 is 5.69 Å². The Labute approximate surface area is 93.3 Å². The van der Waals surface area contributed by atoms with E-state index in [1.165, 1.54) is 11.3 Å². The van der Waals surface area contributed by atoms with Crippen LogP contribution in [0, 0.1) is 0 Å². The molecule has 0 unspecified atom stereocenters. The van der Waals surface area contributed by atoms with E-state index in [1.807, 2.05) is 0 Å². The second-order valence-corrected chi connectivity index (χ2v) is 5.31. The van der Waals surface area contributed by atoms with Gasteiger partial charge in [0.25, 0.3) is 0 Å². The van der Waals surface area contributed by atoms with Gasteiger partial charge in [0.2, 0.25) is 0 Å². The number of nitrogens with zero attached hydrogens (tertiary/aromatic N) is 1. The summed E-state index contributed by atoms with van der Waals surface area (Å²) in [5.74, 6) is 0. The fourth-order valence-corrected chi connectivity index (χ4v) is 1.49. The van der Waals surface area contributed by atoms with Crippen molar-refractivity contribution in [2.45, 2.75) is 32.9 Å². The van der Waals surface area contributed by atoms with Crippen molar-refractivity contribution in [3.63, 3.8) is 0 Å². The molecule has 1 aromatic carbocycles. The van der Waals surface area contributed by atoms with Crippen LogP contribution in [0.1, 0.15) is 26.3 Å². The van der Waals surface area contributed by atoms with E-state index in [4.69, 9.17) is 0 Å². The molecular weight excluding hydrogens is 184 g/mol. The molecule has 0 saturated carbocycles. The van der Waals surface area contributed by atoms with Gasteiger partial charge in [-0.2, -0.15) is 0 Å². The van der Waals surface area contributed by atoms with E-state index in [9.17, 15) is 0 Å². The normalized spacial score (nSPS) is 11.9. The van der Waals surface area contributed by atoms with Crippen LogP contribution in [0.5, 0.6) is 0 Å². The lowest BCUT2D eigenvalue weighted by Gasteiger charge is -2.22. The van der Waals surface area contributed by atoms with Crippen LogP contribution >= 0.6 is 0 Å². The average Bonchev–Trinajstić information content (AvgIpc) is 2.05. The van der Waals surface area contributed by atoms with Crippen molar-refractivity contribution < 1.29 is 0 Å². The standard InChI is InChI=1S/C13H22N2/c1-13(2,3)14-12-8-6-11(7-9-12)10-15(4)5/h6-9,14H,10H2,1-5H3. The summed E-state index contributed by atoms with van der Waals surface area (Å²) in [4.78, 5) is 2.17. The molecule has 2 heteroatoms. The van der Waals surface area contributed by atoms with Gasteiger partial charge < -0.3 is 10.2 Å². The van der Waals surface area contributed by atoms with Crippen LogP contribution in [0.4, 0.5) is 5.69 Å². The van der Waals surface area contributed by atoms with Crippen molar-refractivity contribution in [1.29, 1.82) is 0 Å². The molecule has 1 rings (SSSR count). The van der Waals surface area contributed by atoms with Crippen LogP contribution in [-0.2, 0) is 6.54 Å². The van der Waals surface area contributed by atoms with Crippen molar-refractivity contribution in [3.05, 3.63) is 29.8 Å². The average molecular weight is 206 g/mol. The lowest BCUT2D eigenvalue weighted by atomic mass is 10.1. The molecule has 0 radical (unpaired) electrons. The van der Waals surface area contributed by atoms with Crippen molar-refractivity contribution in [3.8, 4) is 0 Å². The first kappa shape index (κ1) is 12.1. The van der Waals surface area contributed by atoms with E-state index in [-0.39, 0.29) is 5.54 Å². The van der Waals surface area contributed by atoms with Crippen LogP contribution in [0.3, 0.4) is 0 Å². The molecule has 0 spiro atoms. The molecule has 1 N–H and O–H groups in total. The number of anilines is 1. The minimum atomic E-state index is 0.128. The highest BCUT2D eigenvalue weighted by Crippen LogP contribution is 2.15. The lowest BCUT2D eigenvalue weighted by molar-refractivity contribution is 0.402. The summed E-state index contributed by atoms with van der Waals surface area (Å²) in [6, 6.07) is 8.64. The second kappa shape index (κ2) is 4.67. The van der Waals surface area contributed by atoms with Crippen LogP contribution < -0.4 is 5.32 Å². The SMILES string of the molecule is CN(C)Cc1ccc(NC(C)(C)C)cc1. The molecule has 0 aliphatic heterocycles. The van der Waals surface area contributed by atoms with Gasteiger partial charge >= 0.3 is 0 Å². The van der Waals surface area contributed by atoms with E-state index >= 15 is 0 Å². The van der Waals surface area contributed by atoms with Gasteiger partial charge in [-0.25, -0.2) is 0 Å². The highest BCUT2D eigenvalue weighted by atomic mass is 15.0. The minimum absolute atomic E-state index is 0.128. The van der Waals surface area contributed by atoms with Gasteiger partial charge in [0.15, 0.2) is 0 Å². The highest BCUT2D eigenvalue weighted by molar-refractivity contribution is 5.46. The zero-order valence-corrected chi connectivity index (χ0v) is 10.5. The van der Waals surface area contributed by atoms with E-state index in [2.05, 4.69) is 69.3 Å². The Bertz CT molecular complexity index is 293. The fourth-order valence-electron chi connectivity index (χ4n) is 1.49. The Morgan fingerprint density at radius 3 is 2.00 bits per heavy atom. The molecule has 0 aliphatic carbocycles. The summed E-state index contributed by atoms with van der Waals surface area (Å²) in [7, 11) is 4.17. The predicted molar refractivity (Wildman–Crippen MR) is 67.2 cm³/mol. The van der Waals surface area contributed by atoms with E-state index in [0.29, 0.717) is 0 Å². The highest BCUT2D eigenvalue weighted by Gasteiger charge is 2.08. The quantitative estimate of drug-likeness (QED) is 0.818. The molecule has 0 amide bonds. The van der Waals surface area contributed by atoms with Crippen molar-refractivity contribution in [1.82, 2.24) is 4.90 Å². The van der Waals surface area contributed by atoms with Crippen molar-refractivity contribution in [2.75, 3.05) is 19.4 Å². The van der Waals surface area contributed by atoms with Gasteiger partial charge in [0, 0.05) is 17.8 Å². The van der Waals surface area contributed by atoms with Crippen LogP contribution in [-0.4, -0.2) is 24.5 Å². The third-order valence-electron chi connectivity index (χ3n) is 1.97. The van der Waals surface area contributed by atoms with Gasteiger partial charge in [-0.05, 0) is 52.6 Å². The Morgan fingerprint density at radius 1 is 1.07 bits per heavy atom. The Kier molecular flexibility index (Phi) is 3.75. The molecule has 0 heterocycles. The van der Waals surface area contributed by atoms with Gasteiger partial charge in [-0.1, -0.05) is 12.1 Å². The lowest BCUT2D eigenvalue weighted by Crippen LogP contribution is -2.25. The maximum atomic E-state index is 3.45. The largest absolute Gasteiger partial charge is 0.380 e. The summed E-state index contributed by atoms with van der Waals surface area (Å²) in [6.45, 7) is 7.50. The zero-order chi connectivity index (χ0) is 11.5. The smallest absolute Gasteiger partial charge is 0.0344 e. The van der Waals surface area contributed by atoms with Gasteiger partial charge in [-0.3, -0.25) is 0 Å². The topological polar surface area (TPSA) is 15.3 Å². The Balaban J connectivity index is 2.64. The molecule has 0 bridgehead atoms. The fraction of sp³-hybridized carbons (Fsp3) is 0.538. The third kappa shape index (κ3) is 4.84. The molecule has 0 saturated heterocycles. The third-order valence-corrected chi connectivity index (χ3v) is 1.97. The van der Waals surface area contributed by atoms with Crippen LogP contribution in [0.15, 0.2) is 24.3 Å². The maximum absolute atomic E-state index is 3.45. The molecule has 2 nitrogen and oxygen atoms in total. The molecular formula is C13H22N2. The number of benzene rings is 1. The van der Waals surface area contributed by atoms with Crippen LogP contribution in [0.2, 0.25) is 0 Å². The first-order valence-electron chi connectivity index (χ1n) is 5.39. The second-order valence-electron chi connectivity index (χ2n) is 5.31. The number of rotatable bonds is 3.